The van der Waals surface area contributed by atoms with Gasteiger partial charge in [-0.25, -0.2) is 0 Å². The molecule has 3 rings (SSSR count). The summed E-state index contributed by atoms with van der Waals surface area (Å²) in [6.45, 7) is 4.63. The molecule has 2 aliphatic rings. The molecule has 2 fully saturated rings. The van der Waals surface area contributed by atoms with Crippen molar-refractivity contribution in [2.45, 2.75) is 32.2 Å². The lowest BCUT2D eigenvalue weighted by Crippen LogP contribution is -2.40. The van der Waals surface area contributed by atoms with Crippen LogP contribution >= 0.6 is 0 Å². The predicted octanol–water partition coefficient (Wildman–Crippen LogP) is 2.39. The minimum atomic E-state index is 0.177. The molecular weight excluding hydrogens is 274 g/mol. The number of nitrogens with zero attached hydrogens (tertiary/aromatic N) is 3. The van der Waals surface area contributed by atoms with Gasteiger partial charge in [0.05, 0.1) is 17.6 Å². The normalized spacial score (nSPS) is 22.5. The number of hydrogen-bond donors (Lipinski definition) is 0. The Kier molecular flexibility index (Phi) is 4.74. The van der Waals surface area contributed by atoms with E-state index in [0.717, 1.165) is 52.0 Å². The Hall–Kier alpha value is -1.86. The number of nitriles is 1. The molecule has 4 heteroatoms. The fraction of sp³-hybridized carbons (Fsp3) is 0.556. The molecule has 0 N–H and O–H groups in total. The predicted molar refractivity (Wildman–Crippen MR) is 85.0 cm³/mol. The number of piperidine rings is 1. The van der Waals surface area contributed by atoms with Crippen molar-refractivity contribution in [3.05, 3.63) is 35.4 Å². The summed E-state index contributed by atoms with van der Waals surface area (Å²) in [7, 11) is 0. The number of likely N-dealkylation sites (tertiary alicyclic amines) is 2. The van der Waals surface area contributed by atoms with Crippen LogP contribution in [-0.4, -0.2) is 41.9 Å². The lowest BCUT2D eigenvalue weighted by Gasteiger charge is -2.29. The van der Waals surface area contributed by atoms with Crippen LogP contribution in [0.1, 0.15) is 36.8 Å². The minimum Gasteiger partial charge on any atom is -0.342 e. The number of carbonyl (C=O) groups is 1. The fourth-order valence-corrected chi connectivity index (χ4v) is 3.49. The van der Waals surface area contributed by atoms with E-state index in [1.807, 2.05) is 24.3 Å². The lowest BCUT2D eigenvalue weighted by molar-refractivity contribution is -0.136. The summed E-state index contributed by atoms with van der Waals surface area (Å²) in [6.07, 6.45) is 4.56. The third-order valence-corrected chi connectivity index (χ3v) is 4.78. The number of carbonyl (C=O) groups excluding carboxylic acids is 1. The van der Waals surface area contributed by atoms with Crippen LogP contribution < -0.4 is 0 Å². The first-order chi connectivity index (χ1) is 10.8. The van der Waals surface area contributed by atoms with Crippen LogP contribution in [0.3, 0.4) is 0 Å². The van der Waals surface area contributed by atoms with Crippen LogP contribution in [0.4, 0.5) is 0 Å². The van der Waals surface area contributed by atoms with Crippen molar-refractivity contribution < 1.29 is 4.79 Å². The van der Waals surface area contributed by atoms with E-state index in [-0.39, 0.29) is 5.92 Å². The molecule has 1 aromatic rings. The van der Waals surface area contributed by atoms with Gasteiger partial charge >= 0.3 is 0 Å². The molecule has 2 saturated heterocycles. The molecular formula is C18H23N3O. The Labute approximate surface area is 132 Å². The van der Waals surface area contributed by atoms with E-state index >= 15 is 0 Å². The van der Waals surface area contributed by atoms with E-state index in [2.05, 4.69) is 15.9 Å². The summed E-state index contributed by atoms with van der Waals surface area (Å²) in [4.78, 5) is 17.0. The number of hydrogen-bond acceptors (Lipinski definition) is 3. The van der Waals surface area contributed by atoms with Gasteiger partial charge < -0.3 is 4.90 Å². The molecule has 1 unspecified atom stereocenters. The number of rotatable bonds is 3. The number of benzene rings is 1. The van der Waals surface area contributed by atoms with Crippen LogP contribution in [0.5, 0.6) is 0 Å². The zero-order chi connectivity index (χ0) is 15.4. The standard InChI is InChI=1S/C18H23N3O/c19-12-15-4-6-16(7-5-15)13-20-11-8-17(14-20)18(22)21-9-2-1-3-10-21/h4-7,17H,1-3,8-11,13-14H2. The molecule has 116 valence electrons. The molecule has 0 bridgehead atoms. The smallest absolute Gasteiger partial charge is 0.227 e. The molecule has 22 heavy (non-hydrogen) atoms. The second kappa shape index (κ2) is 6.93. The van der Waals surface area contributed by atoms with Gasteiger partial charge in [-0.05, 0) is 49.9 Å². The lowest BCUT2D eigenvalue weighted by atomic mass is 10.0. The molecule has 2 aliphatic heterocycles. The third-order valence-electron chi connectivity index (χ3n) is 4.78. The summed E-state index contributed by atoms with van der Waals surface area (Å²) in [5.74, 6) is 0.540. The van der Waals surface area contributed by atoms with Crippen molar-refractivity contribution in [1.29, 1.82) is 5.26 Å². The highest BCUT2D eigenvalue weighted by Crippen LogP contribution is 2.22. The van der Waals surface area contributed by atoms with Crippen molar-refractivity contribution in [2.24, 2.45) is 5.92 Å². The van der Waals surface area contributed by atoms with E-state index < -0.39 is 0 Å². The van der Waals surface area contributed by atoms with Crippen molar-refractivity contribution in [3.8, 4) is 6.07 Å². The molecule has 0 saturated carbocycles. The highest BCUT2D eigenvalue weighted by molar-refractivity contribution is 5.79. The summed E-state index contributed by atoms with van der Waals surface area (Å²) < 4.78 is 0. The van der Waals surface area contributed by atoms with Gasteiger partial charge in [0.15, 0.2) is 0 Å². The van der Waals surface area contributed by atoms with Crippen LogP contribution in [0.2, 0.25) is 0 Å². The van der Waals surface area contributed by atoms with Crippen molar-refractivity contribution in [1.82, 2.24) is 9.80 Å². The van der Waals surface area contributed by atoms with Crippen LogP contribution in [0.15, 0.2) is 24.3 Å². The molecule has 4 nitrogen and oxygen atoms in total. The van der Waals surface area contributed by atoms with E-state index in [0.29, 0.717) is 11.5 Å². The zero-order valence-corrected chi connectivity index (χ0v) is 13.0. The summed E-state index contributed by atoms with van der Waals surface area (Å²) in [6, 6.07) is 9.89. The first-order valence-electron chi connectivity index (χ1n) is 8.26. The Morgan fingerprint density at radius 1 is 1.14 bits per heavy atom. The molecule has 0 spiro atoms. The fourth-order valence-electron chi connectivity index (χ4n) is 3.49. The van der Waals surface area contributed by atoms with Crippen LogP contribution in [0.25, 0.3) is 0 Å². The highest BCUT2D eigenvalue weighted by atomic mass is 16.2. The first kappa shape index (κ1) is 15.1. The maximum Gasteiger partial charge on any atom is 0.227 e. The van der Waals surface area contributed by atoms with Crippen molar-refractivity contribution in [2.75, 3.05) is 26.2 Å². The quantitative estimate of drug-likeness (QED) is 0.860. The van der Waals surface area contributed by atoms with E-state index in [1.165, 1.54) is 12.0 Å². The van der Waals surface area contributed by atoms with Gasteiger partial charge in [-0.3, -0.25) is 9.69 Å². The Morgan fingerprint density at radius 3 is 2.55 bits per heavy atom. The summed E-state index contributed by atoms with van der Waals surface area (Å²) in [5, 5.41) is 8.83. The Morgan fingerprint density at radius 2 is 1.86 bits per heavy atom. The molecule has 1 atom stereocenters. The maximum absolute atomic E-state index is 12.5. The average Bonchev–Trinajstić information content (AvgIpc) is 3.04. The van der Waals surface area contributed by atoms with Gasteiger partial charge in [-0.2, -0.15) is 5.26 Å². The summed E-state index contributed by atoms with van der Waals surface area (Å²) in [5.41, 5.74) is 1.91. The average molecular weight is 297 g/mol. The monoisotopic (exact) mass is 297 g/mol. The van der Waals surface area contributed by atoms with Gasteiger partial charge in [0.2, 0.25) is 5.91 Å². The van der Waals surface area contributed by atoms with E-state index in [9.17, 15) is 4.79 Å². The molecule has 0 aromatic heterocycles. The van der Waals surface area contributed by atoms with Gasteiger partial charge in [0, 0.05) is 26.2 Å². The Bertz CT molecular complexity index is 555. The van der Waals surface area contributed by atoms with Crippen LogP contribution in [-0.2, 0) is 11.3 Å². The van der Waals surface area contributed by atoms with Crippen LogP contribution in [0, 0.1) is 17.2 Å². The molecule has 2 heterocycles. The number of amides is 1. The van der Waals surface area contributed by atoms with Crippen molar-refractivity contribution in [3.63, 3.8) is 0 Å². The molecule has 0 aliphatic carbocycles. The Balaban J connectivity index is 1.53. The maximum atomic E-state index is 12.5. The second-order valence-electron chi connectivity index (χ2n) is 6.42. The molecule has 1 amide bonds. The van der Waals surface area contributed by atoms with Gasteiger partial charge in [0.1, 0.15) is 0 Å². The minimum absolute atomic E-state index is 0.177. The van der Waals surface area contributed by atoms with E-state index in [4.69, 9.17) is 5.26 Å². The summed E-state index contributed by atoms with van der Waals surface area (Å²) >= 11 is 0. The molecule has 1 aromatic carbocycles. The highest BCUT2D eigenvalue weighted by Gasteiger charge is 2.31. The largest absolute Gasteiger partial charge is 0.342 e. The van der Waals surface area contributed by atoms with Gasteiger partial charge in [-0.15, -0.1) is 0 Å². The van der Waals surface area contributed by atoms with Gasteiger partial charge in [0.25, 0.3) is 0 Å². The van der Waals surface area contributed by atoms with E-state index in [1.54, 1.807) is 0 Å². The topological polar surface area (TPSA) is 47.3 Å². The zero-order valence-electron chi connectivity index (χ0n) is 13.0. The van der Waals surface area contributed by atoms with Crippen molar-refractivity contribution >= 4 is 5.91 Å². The SMILES string of the molecule is N#Cc1ccc(CN2CCC(C(=O)N3CCCCC3)C2)cc1. The first-order valence-corrected chi connectivity index (χ1v) is 8.26. The second-order valence-corrected chi connectivity index (χ2v) is 6.42. The third kappa shape index (κ3) is 3.48. The van der Waals surface area contributed by atoms with Gasteiger partial charge in [-0.1, -0.05) is 12.1 Å². The molecule has 0 radical (unpaired) electrons.